The summed E-state index contributed by atoms with van der Waals surface area (Å²) in [5.74, 6) is 3.59. The molecule has 0 bridgehead atoms. The first-order valence-corrected chi connectivity index (χ1v) is 7.75. The number of aliphatic hydroxyl groups excluding tert-OH is 1. The summed E-state index contributed by atoms with van der Waals surface area (Å²) in [6.45, 7) is 3.81. The van der Waals surface area contributed by atoms with Crippen molar-refractivity contribution < 1.29 is 9.52 Å². The van der Waals surface area contributed by atoms with Crippen LogP contribution in [0, 0.1) is 6.92 Å². The van der Waals surface area contributed by atoms with Crippen molar-refractivity contribution >= 4 is 11.6 Å². The van der Waals surface area contributed by atoms with Crippen molar-refractivity contribution in [2.24, 2.45) is 0 Å². The van der Waals surface area contributed by atoms with Gasteiger partial charge in [-0.2, -0.15) is 0 Å². The van der Waals surface area contributed by atoms with Gasteiger partial charge in [-0.15, -0.1) is 0 Å². The van der Waals surface area contributed by atoms with E-state index in [1.807, 2.05) is 25.1 Å². The number of nitrogens with one attached hydrogen (secondary N) is 1. The van der Waals surface area contributed by atoms with Crippen molar-refractivity contribution in [3.63, 3.8) is 0 Å². The van der Waals surface area contributed by atoms with Crippen molar-refractivity contribution in [2.75, 3.05) is 29.9 Å². The lowest BCUT2D eigenvalue weighted by molar-refractivity contribution is 0.266. The summed E-state index contributed by atoms with van der Waals surface area (Å²) < 4.78 is 5.55. The van der Waals surface area contributed by atoms with Gasteiger partial charge in [0.1, 0.15) is 29.5 Å². The van der Waals surface area contributed by atoms with E-state index in [2.05, 4.69) is 20.2 Å². The van der Waals surface area contributed by atoms with Crippen LogP contribution in [0.3, 0.4) is 0 Å². The van der Waals surface area contributed by atoms with Gasteiger partial charge in [0, 0.05) is 25.6 Å². The highest BCUT2D eigenvalue weighted by molar-refractivity contribution is 5.49. The van der Waals surface area contributed by atoms with Gasteiger partial charge in [-0.25, -0.2) is 9.97 Å². The molecule has 0 spiro atoms. The van der Waals surface area contributed by atoms with Crippen LogP contribution in [-0.2, 0) is 6.42 Å². The van der Waals surface area contributed by atoms with Gasteiger partial charge in [0.05, 0.1) is 12.6 Å². The second kappa shape index (κ2) is 6.79. The van der Waals surface area contributed by atoms with Gasteiger partial charge < -0.3 is 19.7 Å². The maximum absolute atomic E-state index is 9.43. The van der Waals surface area contributed by atoms with Crippen LogP contribution < -0.4 is 10.2 Å². The molecule has 6 heteroatoms. The average molecular weight is 302 g/mol. The maximum Gasteiger partial charge on any atom is 0.134 e. The van der Waals surface area contributed by atoms with Crippen molar-refractivity contribution in [3.8, 4) is 0 Å². The number of hydrogen-bond acceptors (Lipinski definition) is 6. The Hall–Kier alpha value is -2.08. The van der Waals surface area contributed by atoms with E-state index in [9.17, 15) is 5.11 Å². The number of rotatable bonds is 6. The minimum Gasteiger partial charge on any atom is -0.466 e. The van der Waals surface area contributed by atoms with Crippen molar-refractivity contribution in [1.29, 1.82) is 0 Å². The van der Waals surface area contributed by atoms with Gasteiger partial charge in [-0.1, -0.05) is 0 Å². The molecule has 2 aromatic heterocycles. The van der Waals surface area contributed by atoms with E-state index in [4.69, 9.17) is 4.42 Å². The summed E-state index contributed by atoms with van der Waals surface area (Å²) in [5.41, 5.74) is 0. The number of nitrogens with zero attached hydrogens (tertiary/aromatic N) is 3. The minimum atomic E-state index is 0.171. The Morgan fingerprint density at radius 1 is 1.41 bits per heavy atom. The molecule has 0 radical (unpaired) electrons. The second-order valence-corrected chi connectivity index (χ2v) is 5.62. The van der Waals surface area contributed by atoms with Crippen molar-refractivity contribution in [1.82, 2.24) is 9.97 Å². The summed E-state index contributed by atoms with van der Waals surface area (Å²) in [5, 5.41) is 12.7. The number of furan rings is 1. The van der Waals surface area contributed by atoms with Gasteiger partial charge >= 0.3 is 0 Å². The molecule has 0 unspecified atom stereocenters. The molecule has 1 saturated heterocycles. The molecular weight excluding hydrogens is 280 g/mol. The van der Waals surface area contributed by atoms with Crippen molar-refractivity contribution in [3.05, 3.63) is 36.0 Å². The Balaban J connectivity index is 1.59. The molecule has 1 fully saturated rings. The molecule has 22 heavy (non-hydrogen) atoms. The summed E-state index contributed by atoms with van der Waals surface area (Å²) in [6, 6.07) is 6.09. The molecule has 6 nitrogen and oxygen atoms in total. The number of hydrogen-bond donors (Lipinski definition) is 2. The van der Waals surface area contributed by atoms with Gasteiger partial charge in [0.2, 0.25) is 0 Å². The van der Waals surface area contributed by atoms with E-state index in [1.165, 1.54) is 0 Å². The lowest BCUT2D eigenvalue weighted by Crippen LogP contribution is -2.32. The summed E-state index contributed by atoms with van der Waals surface area (Å²) in [4.78, 5) is 10.7. The smallest absolute Gasteiger partial charge is 0.134 e. The molecular formula is C16H22N4O2. The molecule has 0 saturated carbocycles. The Morgan fingerprint density at radius 3 is 3.09 bits per heavy atom. The summed E-state index contributed by atoms with van der Waals surface area (Å²) in [7, 11) is 0. The van der Waals surface area contributed by atoms with Crippen LogP contribution in [0.2, 0.25) is 0 Å². The van der Waals surface area contributed by atoms with E-state index in [0.717, 1.165) is 55.5 Å². The third kappa shape index (κ3) is 3.39. The summed E-state index contributed by atoms with van der Waals surface area (Å²) in [6.07, 6.45) is 4.49. The van der Waals surface area contributed by atoms with Gasteiger partial charge in [-0.05, 0) is 31.9 Å². The zero-order valence-corrected chi connectivity index (χ0v) is 12.8. The first kappa shape index (κ1) is 14.8. The Labute approximate surface area is 130 Å². The molecule has 1 atom stereocenters. The van der Waals surface area contributed by atoms with E-state index in [1.54, 1.807) is 6.33 Å². The topological polar surface area (TPSA) is 74.4 Å². The predicted molar refractivity (Wildman–Crippen MR) is 85.1 cm³/mol. The van der Waals surface area contributed by atoms with Crippen LogP contribution in [0.5, 0.6) is 0 Å². The fourth-order valence-corrected chi connectivity index (χ4v) is 2.86. The monoisotopic (exact) mass is 302 g/mol. The zero-order chi connectivity index (χ0) is 15.4. The standard InChI is InChI=1S/C16H22N4O2/c1-12-4-5-14(22-12)6-7-17-15-9-16(19-11-18-15)20-8-2-3-13(20)10-21/h4-5,9,11,13,21H,2-3,6-8,10H2,1H3,(H,17,18,19)/t13-/m0/s1. The quantitative estimate of drug-likeness (QED) is 0.850. The third-order valence-corrected chi connectivity index (χ3v) is 4.01. The SMILES string of the molecule is Cc1ccc(CCNc2cc(N3CCC[C@H]3CO)ncn2)o1. The second-order valence-electron chi connectivity index (χ2n) is 5.62. The number of aromatic nitrogens is 2. The van der Waals surface area contributed by atoms with Crippen LogP contribution in [0.25, 0.3) is 0 Å². The number of anilines is 2. The molecule has 118 valence electrons. The van der Waals surface area contributed by atoms with Crippen LogP contribution in [0.15, 0.2) is 28.9 Å². The molecule has 1 aliphatic heterocycles. The highest BCUT2D eigenvalue weighted by Crippen LogP contribution is 2.24. The molecule has 0 amide bonds. The zero-order valence-electron chi connectivity index (χ0n) is 12.8. The van der Waals surface area contributed by atoms with Crippen LogP contribution in [0.4, 0.5) is 11.6 Å². The van der Waals surface area contributed by atoms with E-state index in [0.29, 0.717) is 0 Å². The molecule has 3 rings (SSSR count). The molecule has 2 N–H and O–H groups in total. The molecule has 0 aromatic carbocycles. The van der Waals surface area contributed by atoms with Gasteiger partial charge in [0.25, 0.3) is 0 Å². The molecule has 2 aromatic rings. The average Bonchev–Trinajstić information content (AvgIpc) is 3.16. The first-order valence-electron chi connectivity index (χ1n) is 7.75. The first-order chi connectivity index (χ1) is 10.8. The van der Waals surface area contributed by atoms with Gasteiger partial charge in [-0.3, -0.25) is 0 Å². The Bertz CT molecular complexity index is 614. The molecule has 0 aliphatic carbocycles. The van der Waals surface area contributed by atoms with Crippen LogP contribution in [0.1, 0.15) is 24.4 Å². The summed E-state index contributed by atoms with van der Waals surface area (Å²) >= 11 is 0. The number of aliphatic hydroxyl groups is 1. The van der Waals surface area contributed by atoms with E-state index >= 15 is 0 Å². The predicted octanol–water partition coefficient (Wildman–Crippen LogP) is 1.99. The number of aryl methyl sites for hydroxylation is 1. The normalized spacial score (nSPS) is 17.9. The Morgan fingerprint density at radius 2 is 2.32 bits per heavy atom. The minimum absolute atomic E-state index is 0.171. The van der Waals surface area contributed by atoms with Crippen molar-refractivity contribution in [2.45, 2.75) is 32.2 Å². The third-order valence-electron chi connectivity index (χ3n) is 4.01. The Kier molecular flexibility index (Phi) is 4.58. The molecule has 3 heterocycles. The van der Waals surface area contributed by atoms with Crippen LogP contribution in [-0.4, -0.2) is 40.8 Å². The van der Waals surface area contributed by atoms with E-state index < -0.39 is 0 Å². The highest BCUT2D eigenvalue weighted by Gasteiger charge is 2.25. The maximum atomic E-state index is 9.43. The lowest BCUT2D eigenvalue weighted by atomic mass is 10.2. The van der Waals surface area contributed by atoms with Crippen LogP contribution >= 0.6 is 0 Å². The highest BCUT2D eigenvalue weighted by atomic mass is 16.3. The fourth-order valence-electron chi connectivity index (χ4n) is 2.86. The largest absolute Gasteiger partial charge is 0.466 e. The fraction of sp³-hybridized carbons (Fsp3) is 0.500. The molecule has 1 aliphatic rings. The van der Waals surface area contributed by atoms with E-state index in [-0.39, 0.29) is 12.6 Å². The lowest BCUT2D eigenvalue weighted by Gasteiger charge is -2.24. The van der Waals surface area contributed by atoms with Gasteiger partial charge in [0.15, 0.2) is 0 Å².